The number of hydrogen-bond acceptors (Lipinski definition) is 3. The van der Waals surface area contributed by atoms with Crippen LogP contribution in [0.4, 0.5) is 0 Å². The van der Waals surface area contributed by atoms with Crippen LogP contribution in [0.25, 0.3) is 0 Å². The summed E-state index contributed by atoms with van der Waals surface area (Å²) in [5, 5.41) is 8.30. The summed E-state index contributed by atoms with van der Waals surface area (Å²) in [6, 6.07) is 3.78. The van der Waals surface area contributed by atoms with Gasteiger partial charge in [-0.25, -0.2) is 0 Å². The first kappa shape index (κ1) is 9.99. The molecule has 0 radical (unpaired) electrons. The van der Waals surface area contributed by atoms with Gasteiger partial charge >= 0.3 is 0 Å². The van der Waals surface area contributed by atoms with Crippen molar-refractivity contribution >= 4 is 5.96 Å². The lowest BCUT2D eigenvalue weighted by Crippen LogP contribution is -2.33. The van der Waals surface area contributed by atoms with Gasteiger partial charge in [0.25, 0.3) is 0 Å². The fourth-order valence-corrected chi connectivity index (χ4v) is 0.983. The molecule has 0 atom stereocenters. The Morgan fingerprint density at radius 3 is 3.14 bits per heavy atom. The number of rotatable bonds is 2. The van der Waals surface area contributed by atoms with Crippen LogP contribution >= 0.6 is 0 Å². The van der Waals surface area contributed by atoms with E-state index in [0.717, 1.165) is 5.56 Å². The van der Waals surface area contributed by atoms with Crippen LogP contribution in [-0.2, 0) is 6.54 Å². The molecule has 0 aliphatic rings. The lowest BCUT2D eigenvalue weighted by atomic mass is 10.3. The molecule has 5 heteroatoms. The molecule has 0 aliphatic heterocycles. The Morgan fingerprint density at radius 1 is 1.79 bits per heavy atom. The van der Waals surface area contributed by atoms with Crippen LogP contribution in [0, 0.1) is 11.5 Å². The molecule has 14 heavy (non-hydrogen) atoms. The Morgan fingerprint density at radius 2 is 2.57 bits per heavy atom. The summed E-state index contributed by atoms with van der Waals surface area (Å²) >= 11 is 0. The standard InChI is InChI=1S/C9H11N5/c1-14(9(11)13-7-10)6-8-3-2-4-12-5-8/h2-5H,6H2,1H3,(H2,11,13). The summed E-state index contributed by atoms with van der Waals surface area (Å²) in [4.78, 5) is 9.08. The molecule has 1 aromatic rings. The normalized spacial score (nSPS) is 10.7. The summed E-state index contributed by atoms with van der Waals surface area (Å²) < 4.78 is 0. The summed E-state index contributed by atoms with van der Waals surface area (Å²) in [5.74, 6) is 0.205. The Kier molecular flexibility index (Phi) is 3.44. The third kappa shape index (κ3) is 2.75. The summed E-state index contributed by atoms with van der Waals surface area (Å²) in [5.41, 5.74) is 6.53. The van der Waals surface area contributed by atoms with E-state index in [1.165, 1.54) is 0 Å². The topological polar surface area (TPSA) is 78.3 Å². The predicted octanol–water partition coefficient (Wildman–Crippen LogP) is 0.309. The number of aliphatic imine (C=N–C) groups is 1. The van der Waals surface area contributed by atoms with Gasteiger partial charge < -0.3 is 10.6 Å². The minimum absolute atomic E-state index is 0.205. The van der Waals surface area contributed by atoms with Crippen LogP contribution in [-0.4, -0.2) is 22.9 Å². The SMILES string of the molecule is CN(Cc1cccnc1)C(N)=NC#N. The number of nitriles is 1. The summed E-state index contributed by atoms with van der Waals surface area (Å²) in [6.07, 6.45) is 5.09. The minimum atomic E-state index is 0.205. The minimum Gasteiger partial charge on any atom is -0.369 e. The molecule has 5 nitrogen and oxygen atoms in total. The molecular weight excluding hydrogens is 178 g/mol. The number of aromatic nitrogens is 1. The molecule has 72 valence electrons. The van der Waals surface area contributed by atoms with E-state index in [1.807, 2.05) is 12.1 Å². The van der Waals surface area contributed by atoms with Crippen LogP contribution < -0.4 is 5.73 Å². The van der Waals surface area contributed by atoms with E-state index in [4.69, 9.17) is 11.0 Å². The van der Waals surface area contributed by atoms with Crippen molar-refractivity contribution in [1.82, 2.24) is 9.88 Å². The maximum Gasteiger partial charge on any atom is 0.209 e. The zero-order valence-electron chi connectivity index (χ0n) is 7.88. The van der Waals surface area contributed by atoms with E-state index >= 15 is 0 Å². The van der Waals surface area contributed by atoms with Crippen LogP contribution in [0.2, 0.25) is 0 Å². The van der Waals surface area contributed by atoms with Crippen molar-refractivity contribution in [2.24, 2.45) is 10.7 Å². The average Bonchev–Trinajstić information content (AvgIpc) is 2.19. The van der Waals surface area contributed by atoms with Gasteiger partial charge in [0, 0.05) is 26.0 Å². The van der Waals surface area contributed by atoms with Crippen molar-refractivity contribution in [1.29, 1.82) is 5.26 Å². The van der Waals surface area contributed by atoms with E-state index in [-0.39, 0.29) is 5.96 Å². The van der Waals surface area contributed by atoms with E-state index in [0.29, 0.717) is 6.54 Å². The Bertz CT molecular complexity index is 351. The van der Waals surface area contributed by atoms with Crippen LogP contribution in [0.3, 0.4) is 0 Å². The molecule has 2 N–H and O–H groups in total. The van der Waals surface area contributed by atoms with Crippen LogP contribution in [0.15, 0.2) is 29.5 Å². The smallest absolute Gasteiger partial charge is 0.209 e. The first-order chi connectivity index (χ1) is 6.74. The first-order valence-corrected chi connectivity index (χ1v) is 4.06. The average molecular weight is 189 g/mol. The summed E-state index contributed by atoms with van der Waals surface area (Å²) in [7, 11) is 1.77. The van der Waals surface area contributed by atoms with Gasteiger partial charge in [0.1, 0.15) is 0 Å². The van der Waals surface area contributed by atoms with E-state index in [2.05, 4.69) is 9.98 Å². The molecule has 0 aliphatic carbocycles. The lowest BCUT2D eigenvalue weighted by Gasteiger charge is -2.16. The zero-order valence-corrected chi connectivity index (χ0v) is 7.88. The molecule has 0 amide bonds. The van der Waals surface area contributed by atoms with Gasteiger partial charge in [-0.3, -0.25) is 4.98 Å². The third-order valence-corrected chi connectivity index (χ3v) is 1.70. The molecule has 0 spiro atoms. The molecule has 0 saturated carbocycles. The number of pyridine rings is 1. The van der Waals surface area contributed by atoms with Gasteiger partial charge in [-0.2, -0.15) is 5.26 Å². The maximum absolute atomic E-state index is 8.30. The fourth-order valence-electron chi connectivity index (χ4n) is 0.983. The third-order valence-electron chi connectivity index (χ3n) is 1.70. The van der Waals surface area contributed by atoms with Crippen molar-refractivity contribution in [2.45, 2.75) is 6.54 Å². The highest BCUT2D eigenvalue weighted by Gasteiger charge is 2.02. The van der Waals surface area contributed by atoms with Crippen molar-refractivity contribution in [2.75, 3.05) is 7.05 Å². The zero-order chi connectivity index (χ0) is 10.4. The predicted molar refractivity (Wildman–Crippen MR) is 52.9 cm³/mol. The second-order valence-corrected chi connectivity index (χ2v) is 2.79. The van der Waals surface area contributed by atoms with Gasteiger partial charge in [-0.05, 0) is 11.6 Å². The molecule has 0 saturated heterocycles. The van der Waals surface area contributed by atoms with E-state index < -0.39 is 0 Å². The maximum atomic E-state index is 8.30. The molecule has 0 unspecified atom stereocenters. The monoisotopic (exact) mass is 189 g/mol. The molecular formula is C9H11N5. The molecule has 1 rings (SSSR count). The molecule has 0 bridgehead atoms. The van der Waals surface area contributed by atoms with Gasteiger partial charge in [0.05, 0.1) is 0 Å². The molecule has 0 aromatic carbocycles. The Balaban J connectivity index is 2.63. The second kappa shape index (κ2) is 4.82. The van der Waals surface area contributed by atoms with Crippen molar-refractivity contribution < 1.29 is 0 Å². The van der Waals surface area contributed by atoms with Gasteiger partial charge in [-0.15, -0.1) is 4.99 Å². The number of hydrogen-bond donors (Lipinski definition) is 1. The van der Waals surface area contributed by atoms with Crippen molar-refractivity contribution in [3.8, 4) is 6.19 Å². The highest BCUT2D eigenvalue weighted by Crippen LogP contribution is 1.99. The quantitative estimate of drug-likeness (QED) is 0.412. The number of guanidine groups is 1. The van der Waals surface area contributed by atoms with E-state index in [1.54, 1.807) is 30.5 Å². The fraction of sp³-hybridized carbons (Fsp3) is 0.222. The number of nitrogens with two attached hydrogens (primary N) is 1. The largest absolute Gasteiger partial charge is 0.369 e. The Labute approximate surface area is 82.5 Å². The van der Waals surface area contributed by atoms with Gasteiger partial charge in [-0.1, -0.05) is 6.07 Å². The highest BCUT2D eigenvalue weighted by atomic mass is 15.2. The molecule has 0 fully saturated rings. The van der Waals surface area contributed by atoms with E-state index in [9.17, 15) is 0 Å². The summed E-state index contributed by atoms with van der Waals surface area (Å²) in [6.45, 7) is 0.588. The van der Waals surface area contributed by atoms with Gasteiger partial charge in [0.15, 0.2) is 0 Å². The molecule has 1 aromatic heterocycles. The second-order valence-electron chi connectivity index (χ2n) is 2.79. The van der Waals surface area contributed by atoms with Crippen molar-refractivity contribution in [3.05, 3.63) is 30.1 Å². The number of nitrogens with zero attached hydrogens (tertiary/aromatic N) is 4. The van der Waals surface area contributed by atoms with Crippen LogP contribution in [0.1, 0.15) is 5.56 Å². The van der Waals surface area contributed by atoms with Crippen molar-refractivity contribution in [3.63, 3.8) is 0 Å². The highest BCUT2D eigenvalue weighted by molar-refractivity contribution is 5.78. The molecule has 1 heterocycles. The Hall–Kier alpha value is -2.09. The van der Waals surface area contributed by atoms with Crippen LogP contribution in [0.5, 0.6) is 0 Å². The lowest BCUT2D eigenvalue weighted by molar-refractivity contribution is 0.494. The van der Waals surface area contributed by atoms with Gasteiger partial charge in [0.2, 0.25) is 12.2 Å². The first-order valence-electron chi connectivity index (χ1n) is 4.06.